The summed E-state index contributed by atoms with van der Waals surface area (Å²) in [5.41, 5.74) is 2.05. The summed E-state index contributed by atoms with van der Waals surface area (Å²) in [5, 5.41) is 3.11. The van der Waals surface area contributed by atoms with Gasteiger partial charge in [-0.05, 0) is 36.8 Å². The number of anilines is 1. The number of urea groups is 1. The molecule has 3 fully saturated rings. The maximum atomic E-state index is 12.9. The molecule has 2 bridgehead atoms. The number of hydrogen-bond acceptors (Lipinski definition) is 3. The Labute approximate surface area is 156 Å². The molecule has 1 N–H and O–H groups in total. The lowest BCUT2D eigenvalue weighted by molar-refractivity contribution is -0.129. The van der Waals surface area contributed by atoms with Gasteiger partial charge in [0.15, 0.2) is 0 Å². The number of para-hydroxylation sites is 1. The van der Waals surface area contributed by atoms with Gasteiger partial charge in [-0.3, -0.25) is 9.69 Å². The predicted octanol–water partition coefficient (Wildman–Crippen LogP) is 2.27. The van der Waals surface area contributed by atoms with Crippen LogP contribution in [0, 0.1) is 5.92 Å². The van der Waals surface area contributed by atoms with Crippen LogP contribution in [0.1, 0.15) is 25.3 Å². The van der Waals surface area contributed by atoms with Gasteiger partial charge in [-0.1, -0.05) is 25.1 Å². The van der Waals surface area contributed by atoms with Crippen LogP contribution < -0.4 is 5.32 Å². The first-order valence-corrected chi connectivity index (χ1v) is 9.56. The number of aryl methyl sites for hydroxylation is 1. The average molecular weight is 358 g/mol. The normalized spacial score (nSPS) is 22.8. The second-order valence-corrected chi connectivity index (χ2v) is 7.67. The van der Waals surface area contributed by atoms with E-state index in [0.29, 0.717) is 12.5 Å². The average Bonchev–Trinajstić information content (AvgIpc) is 2.92. The molecule has 1 aromatic carbocycles. The van der Waals surface area contributed by atoms with Gasteiger partial charge in [0, 0.05) is 45.5 Å². The van der Waals surface area contributed by atoms with E-state index >= 15 is 0 Å². The summed E-state index contributed by atoms with van der Waals surface area (Å²) in [7, 11) is 3.58. The third-order valence-corrected chi connectivity index (χ3v) is 5.55. The lowest BCUT2D eigenvalue weighted by Gasteiger charge is -2.36. The molecule has 6 heteroatoms. The van der Waals surface area contributed by atoms with Crippen LogP contribution in [0.25, 0.3) is 0 Å². The highest BCUT2D eigenvalue weighted by Gasteiger charge is 2.37. The van der Waals surface area contributed by atoms with Crippen molar-refractivity contribution in [2.24, 2.45) is 5.92 Å². The molecule has 4 rings (SSSR count). The Bertz CT molecular complexity index is 661. The molecule has 6 nitrogen and oxygen atoms in total. The van der Waals surface area contributed by atoms with E-state index in [9.17, 15) is 9.59 Å². The van der Waals surface area contributed by atoms with E-state index in [1.54, 1.807) is 19.0 Å². The fourth-order valence-electron chi connectivity index (χ4n) is 4.03. The minimum absolute atomic E-state index is 0.0126. The van der Waals surface area contributed by atoms with Crippen molar-refractivity contribution in [3.8, 4) is 0 Å². The molecule has 3 aliphatic heterocycles. The summed E-state index contributed by atoms with van der Waals surface area (Å²) in [6.45, 7) is 4.98. The number of rotatable bonds is 4. The summed E-state index contributed by atoms with van der Waals surface area (Å²) in [6.07, 6.45) is 3.04. The van der Waals surface area contributed by atoms with Crippen LogP contribution >= 0.6 is 0 Å². The number of piperidine rings is 1. The van der Waals surface area contributed by atoms with Gasteiger partial charge in [0.05, 0.1) is 6.54 Å². The van der Waals surface area contributed by atoms with Crippen molar-refractivity contribution >= 4 is 17.6 Å². The zero-order valence-electron chi connectivity index (χ0n) is 16.1. The van der Waals surface area contributed by atoms with Gasteiger partial charge < -0.3 is 15.1 Å². The number of amides is 3. The standard InChI is InChI=1S/C20H30N4O2/c1-4-16-7-5-6-8-18(16)21-20(26)24-12-15-9-10-17(24)13-23(11-15)14-19(25)22(2)3/h5-8,15,17H,4,9-14H2,1-3H3,(H,21,26)/t15-,17+/m0/s1. The van der Waals surface area contributed by atoms with Crippen molar-refractivity contribution in [3.63, 3.8) is 0 Å². The largest absolute Gasteiger partial charge is 0.348 e. The molecule has 3 heterocycles. The minimum Gasteiger partial charge on any atom is -0.348 e. The van der Waals surface area contributed by atoms with Crippen molar-refractivity contribution in [1.29, 1.82) is 0 Å². The Balaban J connectivity index is 1.68. The fraction of sp³-hybridized carbons (Fsp3) is 0.600. The van der Waals surface area contributed by atoms with Gasteiger partial charge in [-0.25, -0.2) is 4.79 Å². The highest BCUT2D eigenvalue weighted by Crippen LogP contribution is 2.29. The Morgan fingerprint density at radius 3 is 2.65 bits per heavy atom. The SMILES string of the molecule is CCc1ccccc1NC(=O)N1C[C@H]2CC[C@@H]1CN(CC(=O)N(C)C)C2. The summed E-state index contributed by atoms with van der Waals surface area (Å²) < 4.78 is 0. The lowest BCUT2D eigenvalue weighted by Crippen LogP contribution is -2.49. The molecule has 0 aromatic heterocycles. The van der Waals surface area contributed by atoms with Crippen LogP contribution in [-0.4, -0.2) is 73.0 Å². The number of nitrogens with one attached hydrogen (secondary N) is 1. The van der Waals surface area contributed by atoms with E-state index in [1.165, 1.54) is 0 Å². The molecular weight excluding hydrogens is 328 g/mol. The number of benzene rings is 1. The fourth-order valence-corrected chi connectivity index (χ4v) is 4.03. The minimum atomic E-state index is -0.0126. The Morgan fingerprint density at radius 1 is 1.15 bits per heavy atom. The highest BCUT2D eigenvalue weighted by molar-refractivity contribution is 5.90. The van der Waals surface area contributed by atoms with E-state index in [1.807, 2.05) is 23.1 Å². The maximum absolute atomic E-state index is 12.9. The van der Waals surface area contributed by atoms with Gasteiger partial charge in [0.25, 0.3) is 0 Å². The summed E-state index contributed by atoms with van der Waals surface area (Å²) >= 11 is 0. The Kier molecular flexibility index (Phi) is 5.81. The van der Waals surface area contributed by atoms with Crippen LogP contribution in [0.15, 0.2) is 24.3 Å². The summed E-state index contributed by atoms with van der Waals surface area (Å²) in [4.78, 5) is 30.9. The van der Waals surface area contributed by atoms with Crippen molar-refractivity contribution in [1.82, 2.24) is 14.7 Å². The molecular formula is C20H30N4O2. The number of nitrogens with zero attached hydrogens (tertiary/aromatic N) is 3. The van der Waals surface area contributed by atoms with Gasteiger partial charge >= 0.3 is 6.03 Å². The molecule has 1 aromatic rings. The summed E-state index contributed by atoms with van der Waals surface area (Å²) in [5.74, 6) is 0.565. The van der Waals surface area contributed by atoms with Crippen molar-refractivity contribution in [2.45, 2.75) is 32.2 Å². The molecule has 3 aliphatic rings. The van der Waals surface area contributed by atoms with Crippen molar-refractivity contribution in [2.75, 3.05) is 45.6 Å². The molecule has 0 saturated carbocycles. The van der Waals surface area contributed by atoms with Crippen LogP contribution in [0.2, 0.25) is 0 Å². The first kappa shape index (κ1) is 18.7. The molecule has 2 atom stereocenters. The molecule has 0 radical (unpaired) electrons. The quantitative estimate of drug-likeness (QED) is 0.898. The Morgan fingerprint density at radius 2 is 1.92 bits per heavy atom. The predicted molar refractivity (Wildman–Crippen MR) is 103 cm³/mol. The number of fused-ring (bicyclic) bond motifs is 4. The van der Waals surface area contributed by atoms with E-state index in [-0.39, 0.29) is 18.0 Å². The maximum Gasteiger partial charge on any atom is 0.322 e. The monoisotopic (exact) mass is 358 g/mol. The molecule has 0 spiro atoms. The number of likely N-dealkylation sites (N-methyl/N-ethyl adjacent to an activating group) is 1. The lowest BCUT2D eigenvalue weighted by atomic mass is 9.95. The van der Waals surface area contributed by atoms with Gasteiger partial charge in [0.1, 0.15) is 0 Å². The zero-order chi connectivity index (χ0) is 18.7. The molecule has 26 heavy (non-hydrogen) atoms. The molecule has 3 saturated heterocycles. The van der Waals surface area contributed by atoms with Gasteiger partial charge in [0.2, 0.25) is 5.91 Å². The van der Waals surface area contributed by atoms with Crippen LogP contribution in [0.4, 0.5) is 10.5 Å². The zero-order valence-corrected chi connectivity index (χ0v) is 16.1. The van der Waals surface area contributed by atoms with E-state index < -0.39 is 0 Å². The number of hydrogen-bond donors (Lipinski definition) is 1. The smallest absolute Gasteiger partial charge is 0.322 e. The first-order chi connectivity index (χ1) is 12.5. The number of carbonyl (C=O) groups excluding carboxylic acids is 2. The van der Waals surface area contributed by atoms with E-state index in [4.69, 9.17) is 0 Å². The Hall–Kier alpha value is -2.08. The summed E-state index contributed by atoms with van der Waals surface area (Å²) in [6, 6.07) is 8.15. The third-order valence-electron chi connectivity index (χ3n) is 5.55. The van der Waals surface area contributed by atoms with Crippen LogP contribution in [0.3, 0.4) is 0 Å². The van der Waals surface area contributed by atoms with Crippen molar-refractivity contribution in [3.05, 3.63) is 29.8 Å². The molecule has 0 aliphatic carbocycles. The van der Waals surface area contributed by atoms with Crippen LogP contribution in [0.5, 0.6) is 0 Å². The number of carbonyl (C=O) groups is 2. The first-order valence-electron chi connectivity index (χ1n) is 9.56. The molecule has 142 valence electrons. The highest BCUT2D eigenvalue weighted by atomic mass is 16.2. The molecule has 0 unspecified atom stereocenters. The third kappa shape index (κ3) is 4.18. The van der Waals surface area contributed by atoms with Gasteiger partial charge in [-0.2, -0.15) is 0 Å². The molecule has 3 amide bonds. The van der Waals surface area contributed by atoms with Gasteiger partial charge in [-0.15, -0.1) is 0 Å². The van der Waals surface area contributed by atoms with Crippen LogP contribution in [-0.2, 0) is 11.2 Å². The van der Waals surface area contributed by atoms with Crippen molar-refractivity contribution < 1.29 is 9.59 Å². The van der Waals surface area contributed by atoms with E-state index in [2.05, 4.69) is 23.2 Å². The topological polar surface area (TPSA) is 55.9 Å². The van der Waals surface area contributed by atoms with E-state index in [0.717, 1.165) is 50.1 Å². The second kappa shape index (κ2) is 8.08. The second-order valence-electron chi connectivity index (χ2n) is 7.67.